The number of nitrogens with zero attached hydrogens (tertiary/aromatic N) is 1. The Morgan fingerprint density at radius 2 is 1.34 bits per heavy atom. The first-order valence-electron chi connectivity index (χ1n) is 13.2. The van der Waals surface area contributed by atoms with Crippen molar-refractivity contribution in [3.8, 4) is 34.5 Å². The molecule has 2 N–H and O–H groups in total. The third kappa shape index (κ3) is 6.98. The molecule has 44 heavy (non-hydrogen) atoms. The number of rotatable bonds is 12. The Kier molecular flexibility index (Phi) is 10.2. The molecule has 228 valence electrons. The van der Waals surface area contributed by atoms with Crippen LogP contribution < -0.4 is 39.2 Å². The Hall–Kier alpha value is -5.78. The Bertz CT molecular complexity index is 1690. The molecule has 0 aliphatic heterocycles. The van der Waals surface area contributed by atoms with E-state index in [9.17, 15) is 14.4 Å². The van der Waals surface area contributed by atoms with Crippen LogP contribution in [0, 0.1) is 0 Å². The van der Waals surface area contributed by atoms with Crippen molar-refractivity contribution in [3.63, 3.8) is 0 Å². The molecular formula is C32H31N3O9. The van der Waals surface area contributed by atoms with Gasteiger partial charge in [-0.1, -0.05) is 30.3 Å². The number of ether oxygens (including phenoxy) is 6. The van der Waals surface area contributed by atoms with E-state index in [1.54, 1.807) is 24.3 Å². The highest BCUT2D eigenvalue weighted by Crippen LogP contribution is 2.38. The van der Waals surface area contributed by atoms with Crippen molar-refractivity contribution < 1.29 is 42.8 Å². The molecule has 2 amide bonds. The van der Waals surface area contributed by atoms with Gasteiger partial charge in [0.05, 0.1) is 53.9 Å². The predicted octanol–water partition coefficient (Wildman–Crippen LogP) is 3.98. The molecule has 0 aliphatic rings. The summed E-state index contributed by atoms with van der Waals surface area (Å²) in [5, 5.41) is 8.17. The first-order valence-corrected chi connectivity index (χ1v) is 13.2. The zero-order chi connectivity index (χ0) is 31.6. The highest BCUT2D eigenvalue weighted by atomic mass is 16.5. The Morgan fingerprint density at radius 3 is 2.00 bits per heavy atom. The maximum absolute atomic E-state index is 13.0. The van der Waals surface area contributed by atoms with Crippen LogP contribution in [-0.4, -0.2) is 66.1 Å². The second kappa shape index (κ2) is 14.4. The van der Waals surface area contributed by atoms with Gasteiger partial charge in [-0.2, -0.15) is 5.10 Å². The average molecular weight is 602 g/mol. The molecule has 0 fully saturated rings. The normalized spacial score (nSPS) is 10.7. The molecule has 12 nitrogen and oxygen atoms in total. The topological polar surface area (TPSA) is 143 Å². The van der Waals surface area contributed by atoms with Crippen LogP contribution >= 0.6 is 0 Å². The van der Waals surface area contributed by atoms with Gasteiger partial charge in [-0.05, 0) is 47.2 Å². The van der Waals surface area contributed by atoms with E-state index in [0.717, 1.165) is 10.8 Å². The molecular weight excluding hydrogens is 570 g/mol. The standard InChI is InChI=1S/C32H31N3O9/c1-39-25-13-11-20(14-26(25)40-2)32(38)44-24-12-10-19-8-6-7-9-22(19)23(24)17-34-35-29(36)18-33-31(37)21-15-27(41-3)30(43-5)28(16-21)42-4/h6-17H,18H2,1-5H3,(H,33,37)(H,35,36)/b34-17+. The molecule has 0 saturated carbocycles. The number of esters is 1. The second-order valence-corrected chi connectivity index (χ2v) is 9.05. The first kappa shape index (κ1) is 31.2. The molecule has 0 aromatic heterocycles. The van der Waals surface area contributed by atoms with Gasteiger partial charge in [-0.25, -0.2) is 10.2 Å². The highest BCUT2D eigenvalue weighted by molar-refractivity contribution is 6.04. The lowest BCUT2D eigenvalue weighted by Gasteiger charge is -2.14. The summed E-state index contributed by atoms with van der Waals surface area (Å²) in [5.74, 6) is 0.230. The van der Waals surface area contributed by atoms with Gasteiger partial charge in [0.2, 0.25) is 5.75 Å². The van der Waals surface area contributed by atoms with Gasteiger partial charge in [0.25, 0.3) is 11.8 Å². The van der Waals surface area contributed by atoms with E-state index in [1.165, 1.54) is 60.0 Å². The molecule has 4 aromatic rings. The largest absolute Gasteiger partial charge is 0.493 e. The Morgan fingerprint density at radius 1 is 0.705 bits per heavy atom. The van der Waals surface area contributed by atoms with E-state index in [-0.39, 0.29) is 23.4 Å². The summed E-state index contributed by atoms with van der Waals surface area (Å²) >= 11 is 0. The molecule has 12 heteroatoms. The van der Waals surface area contributed by atoms with Crippen LogP contribution in [0.4, 0.5) is 0 Å². The zero-order valence-electron chi connectivity index (χ0n) is 24.8. The van der Waals surface area contributed by atoms with Gasteiger partial charge in [-0.15, -0.1) is 0 Å². The summed E-state index contributed by atoms with van der Waals surface area (Å²) in [6.45, 7) is -0.372. The summed E-state index contributed by atoms with van der Waals surface area (Å²) in [5.41, 5.74) is 3.29. The van der Waals surface area contributed by atoms with E-state index >= 15 is 0 Å². The van der Waals surface area contributed by atoms with Crippen molar-refractivity contribution >= 4 is 34.8 Å². The summed E-state index contributed by atoms with van der Waals surface area (Å²) in [7, 11) is 7.29. The number of nitrogens with one attached hydrogen (secondary N) is 2. The minimum absolute atomic E-state index is 0.201. The Labute approximate surface area is 253 Å². The van der Waals surface area contributed by atoms with Crippen LogP contribution in [0.25, 0.3) is 10.8 Å². The van der Waals surface area contributed by atoms with Crippen molar-refractivity contribution in [1.29, 1.82) is 0 Å². The number of methoxy groups -OCH3 is 5. The summed E-state index contributed by atoms with van der Waals surface area (Å²) in [4.78, 5) is 38.3. The van der Waals surface area contributed by atoms with Crippen molar-refractivity contribution in [2.24, 2.45) is 5.10 Å². The number of benzene rings is 4. The van der Waals surface area contributed by atoms with Crippen molar-refractivity contribution in [2.75, 3.05) is 42.1 Å². The van der Waals surface area contributed by atoms with E-state index in [2.05, 4.69) is 15.8 Å². The monoisotopic (exact) mass is 601 g/mol. The van der Waals surface area contributed by atoms with Gasteiger partial charge >= 0.3 is 5.97 Å². The molecule has 0 saturated heterocycles. The summed E-state index contributed by atoms with van der Waals surface area (Å²) < 4.78 is 32.1. The fourth-order valence-electron chi connectivity index (χ4n) is 4.30. The average Bonchev–Trinajstić information content (AvgIpc) is 3.06. The van der Waals surface area contributed by atoms with Gasteiger partial charge in [-0.3, -0.25) is 9.59 Å². The van der Waals surface area contributed by atoms with Gasteiger partial charge < -0.3 is 33.7 Å². The second-order valence-electron chi connectivity index (χ2n) is 9.05. The molecule has 0 bridgehead atoms. The van der Waals surface area contributed by atoms with Crippen molar-refractivity contribution in [3.05, 3.63) is 83.4 Å². The molecule has 0 radical (unpaired) electrons. The van der Waals surface area contributed by atoms with Crippen LogP contribution in [0.3, 0.4) is 0 Å². The first-order chi connectivity index (χ1) is 21.3. The van der Waals surface area contributed by atoms with Crippen molar-refractivity contribution in [2.45, 2.75) is 0 Å². The van der Waals surface area contributed by atoms with Crippen LogP contribution in [0.1, 0.15) is 26.3 Å². The SMILES string of the molecule is COc1ccc(C(=O)Oc2ccc3ccccc3c2/C=N/NC(=O)CNC(=O)c2cc(OC)c(OC)c(OC)c2)cc1OC. The quantitative estimate of drug-likeness (QED) is 0.107. The van der Waals surface area contributed by atoms with Crippen LogP contribution in [0.15, 0.2) is 71.8 Å². The number of carbonyl (C=O) groups excluding carboxylic acids is 3. The zero-order valence-corrected chi connectivity index (χ0v) is 24.8. The molecule has 0 unspecified atom stereocenters. The highest BCUT2D eigenvalue weighted by Gasteiger charge is 2.18. The lowest BCUT2D eigenvalue weighted by atomic mass is 10.0. The number of carbonyl (C=O) groups is 3. The van der Waals surface area contributed by atoms with E-state index in [4.69, 9.17) is 28.4 Å². The third-order valence-electron chi connectivity index (χ3n) is 6.47. The summed E-state index contributed by atoms with van der Waals surface area (Å²) in [6, 6.07) is 18.5. The lowest BCUT2D eigenvalue weighted by Crippen LogP contribution is -2.35. The summed E-state index contributed by atoms with van der Waals surface area (Å²) in [6.07, 6.45) is 1.37. The van der Waals surface area contributed by atoms with Gasteiger partial charge in [0.1, 0.15) is 5.75 Å². The maximum atomic E-state index is 13.0. The fraction of sp³-hybridized carbons (Fsp3) is 0.188. The fourth-order valence-corrected chi connectivity index (χ4v) is 4.30. The van der Waals surface area contributed by atoms with Gasteiger partial charge in [0.15, 0.2) is 23.0 Å². The maximum Gasteiger partial charge on any atom is 0.343 e. The molecule has 0 spiro atoms. The van der Waals surface area contributed by atoms with Gasteiger partial charge in [0, 0.05) is 11.1 Å². The molecule has 4 aromatic carbocycles. The number of hydrogen-bond acceptors (Lipinski definition) is 10. The minimum atomic E-state index is -0.630. The van der Waals surface area contributed by atoms with Crippen LogP contribution in [-0.2, 0) is 4.79 Å². The predicted molar refractivity (Wildman–Crippen MR) is 163 cm³/mol. The molecule has 4 rings (SSSR count). The van der Waals surface area contributed by atoms with E-state index < -0.39 is 17.8 Å². The van der Waals surface area contributed by atoms with E-state index in [1.807, 2.05) is 24.3 Å². The number of fused-ring (bicyclic) bond motifs is 1. The molecule has 0 atom stereocenters. The lowest BCUT2D eigenvalue weighted by molar-refractivity contribution is -0.120. The molecule has 0 aliphatic carbocycles. The van der Waals surface area contributed by atoms with E-state index in [0.29, 0.717) is 34.3 Å². The number of amides is 2. The Balaban J connectivity index is 1.48. The third-order valence-corrected chi connectivity index (χ3v) is 6.47. The number of hydrazone groups is 1. The minimum Gasteiger partial charge on any atom is -0.493 e. The molecule has 0 heterocycles. The smallest absolute Gasteiger partial charge is 0.343 e. The number of hydrogen-bond donors (Lipinski definition) is 2. The van der Waals surface area contributed by atoms with Crippen LogP contribution in [0.2, 0.25) is 0 Å². The van der Waals surface area contributed by atoms with Crippen LogP contribution in [0.5, 0.6) is 34.5 Å². The van der Waals surface area contributed by atoms with Crippen molar-refractivity contribution in [1.82, 2.24) is 10.7 Å².